The van der Waals surface area contributed by atoms with E-state index in [0.717, 1.165) is 17.1 Å². The third-order valence-corrected chi connectivity index (χ3v) is 4.18. The number of nitrogens with zero attached hydrogens (tertiary/aromatic N) is 1. The summed E-state index contributed by atoms with van der Waals surface area (Å²) in [6, 6.07) is 3.75. The Morgan fingerprint density at radius 2 is 2.17 bits per heavy atom. The van der Waals surface area contributed by atoms with E-state index in [1.807, 2.05) is 19.1 Å². The lowest BCUT2D eigenvalue weighted by Gasteiger charge is -2.18. The van der Waals surface area contributed by atoms with Crippen LogP contribution >= 0.6 is 11.3 Å². The van der Waals surface area contributed by atoms with Gasteiger partial charge in [0.25, 0.3) is 0 Å². The van der Waals surface area contributed by atoms with Crippen molar-refractivity contribution in [1.82, 2.24) is 4.98 Å². The predicted octanol–water partition coefficient (Wildman–Crippen LogP) is 4.85. The quantitative estimate of drug-likeness (QED) is 0.753. The van der Waals surface area contributed by atoms with Gasteiger partial charge < -0.3 is 9.15 Å². The van der Waals surface area contributed by atoms with Crippen LogP contribution in [0.4, 0.5) is 9.93 Å². The van der Waals surface area contributed by atoms with E-state index in [2.05, 4.69) is 10.3 Å². The van der Waals surface area contributed by atoms with Gasteiger partial charge in [0, 0.05) is 12.3 Å². The number of hydrogen-bond donors (Lipinski definition) is 1. The van der Waals surface area contributed by atoms with Gasteiger partial charge in [0.1, 0.15) is 11.4 Å². The Morgan fingerprint density at radius 3 is 2.79 bits per heavy atom. The summed E-state index contributed by atoms with van der Waals surface area (Å²) >= 11 is 1.15. The van der Waals surface area contributed by atoms with Gasteiger partial charge in [0.15, 0.2) is 10.9 Å². The van der Waals surface area contributed by atoms with E-state index in [1.165, 1.54) is 6.20 Å². The van der Waals surface area contributed by atoms with Gasteiger partial charge >= 0.3 is 6.09 Å². The van der Waals surface area contributed by atoms with Crippen LogP contribution in [0.15, 0.2) is 29.0 Å². The Kier molecular flexibility index (Phi) is 5.77. The van der Waals surface area contributed by atoms with Gasteiger partial charge in [-0.05, 0) is 39.3 Å². The molecular formula is C17H22N2O4S. The molecule has 0 aliphatic carbocycles. The molecule has 0 radical (unpaired) electrons. The SMILES string of the molecule is CC(CCC(=O)c1cnc(NC(=O)OC(C)(C)C)s1)c1ccco1. The van der Waals surface area contributed by atoms with E-state index in [-0.39, 0.29) is 11.7 Å². The van der Waals surface area contributed by atoms with Gasteiger partial charge in [-0.1, -0.05) is 18.3 Å². The van der Waals surface area contributed by atoms with E-state index < -0.39 is 11.7 Å². The number of thiazole rings is 1. The van der Waals surface area contributed by atoms with E-state index in [9.17, 15) is 9.59 Å². The van der Waals surface area contributed by atoms with Crippen LogP contribution in [-0.2, 0) is 4.74 Å². The fourth-order valence-corrected chi connectivity index (χ4v) is 2.81. The molecule has 0 aliphatic rings. The first kappa shape index (κ1) is 18.2. The van der Waals surface area contributed by atoms with Gasteiger partial charge in [0.2, 0.25) is 0 Å². The first-order chi connectivity index (χ1) is 11.2. The highest BCUT2D eigenvalue weighted by Crippen LogP contribution is 2.25. The van der Waals surface area contributed by atoms with Gasteiger partial charge in [-0.25, -0.2) is 9.78 Å². The Bertz CT molecular complexity index is 686. The molecule has 1 amide bonds. The van der Waals surface area contributed by atoms with Gasteiger partial charge in [0.05, 0.1) is 17.3 Å². The highest BCUT2D eigenvalue weighted by atomic mass is 32.1. The maximum absolute atomic E-state index is 12.2. The molecule has 0 bridgehead atoms. The second kappa shape index (κ2) is 7.61. The lowest BCUT2D eigenvalue weighted by Crippen LogP contribution is -2.27. The Morgan fingerprint density at radius 1 is 1.42 bits per heavy atom. The van der Waals surface area contributed by atoms with Crippen LogP contribution in [-0.4, -0.2) is 22.5 Å². The average molecular weight is 350 g/mol. The van der Waals surface area contributed by atoms with Crippen molar-refractivity contribution < 1.29 is 18.7 Å². The van der Waals surface area contributed by atoms with Crippen molar-refractivity contribution in [3.8, 4) is 0 Å². The molecule has 6 nitrogen and oxygen atoms in total. The summed E-state index contributed by atoms with van der Waals surface area (Å²) in [7, 11) is 0. The van der Waals surface area contributed by atoms with Crippen molar-refractivity contribution in [2.24, 2.45) is 0 Å². The Labute approximate surface area is 145 Å². The van der Waals surface area contributed by atoms with Crippen LogP contribution < -0.4 is 5.32 Å². The number of Topliss-reactive ketones (excluding diaryl/α,β-unsaturated/α-hetero) is 1. The monoisotopic (exact) mass is 350 g/mol. The summed E-state index contributed by atoms with van der Waals surface area (Å²) in [4.78, 5) is 28.5. The van der Waals surface area contributed by atoms with Crippen molar-refractivity contribution in [2.75, 3.05) is 5.32 Å². The molecule has 0 aromatic carbocycles. The normalized spacial score (nSPS) is 12.7. The van der Waals surface area contributed by atoms with Crippen molar-refractivity contribution in [3.05, 3.63) is 35.2 Å². The fourth-order valence-electron chi connectivity index (χ4n) is 2.04. The molecule has 1 unspecified atom stereocenters. The number of amides is 1. The molecular weight excluding hydrogens is 328 g/mol. The second-order valence-electron chi connectivity index (χ2n) is 6.53. The third kappa shape index (κ3) is 5.49. The van der Waals surface area contributed by atoms with Crippen molar-refractivity contribution >= 4 is 28.3 Å². The average Bonchev–Trinajstić information content (AvgIpc) is 3.13. The number of ether oxygens (including phenoxy) is 1. The van der Waals surface area contributed by atoms with Crippen LogP contribution in [0.2, 0.25) is 0 Å². The molecule has 2 aromatic rings. The molecule has 2 rings (SSSR count). The Balaban J connectivity index is 1.85. The molecule has 0 saturated heterocycles. The summed E-state index contributed by atoms with van der Waals surface area (Å²) in [6.45, 7) is 7.37. The zero-order valence-electron chi connectivity index (χ0n) is 14.3. The summed E-state index contributed by atoms with van der Waals surface area (Å²) in [5.41, 5.74) is -0.581. The molecule has 2 heterocycles. The zero-order chi connectivity index (χ0) is 17.7. The first-order valence-electron chi connectivity index (χ1n) is 7.77. The number of carbonyl (C=O) groups is 2. The molecule has 1 atom stereocenters. The van der Waals surface area contributed by atoms with Gasteiger partial charge in [-0.15, -0.1) is 0 Å². The van der Waals surface area contributed by atoms with E-state index >= 15 is 0 Å². The first-order valence-corrected chi connectivity index (χ1v) is 8.58. The maximum Gasteiger partial charge on any atom is 0.413 e. The molecule has 7 heteroatoms. The number of rotatable bonds is 6. The lowest BCUT2D eigenvalue weighted by molar-refractivity contribution is 0.0635. The van der Waals surface area contributed by atoms with Crippen LogP contribution in [0.1, 0.15) is 61.9 Å². The standard InChI is InChI=1S/C17H22N2O4S/c1-11(13-6-5-9-22-13)7-8-12(20)14-10-18-15(24-14)19-16(21)23-17(2,3)4/h5-6,9-11H,7-8H2,1-4H3,(H,18,19,21). The highest BCUT2D eigenvalue weighted by Gasteiger charge is 2.19. The predicted molar refractivity (Wildman–Crippen MR) is 92.7 cm³/mol. The zero-order valence-corrected chi connectivity index (χ0v) is 15.1. The van der Waals surface area contributed by atoms with Crippen LogP contribution in [0.25, 0.3) is 0 Å². The maximum atomic E-state index is 12.2. The number of aromatic nitrogens is 1. The van der Waals surface area contributed by atoms with Gasteiger partial charge in [-0.2, -0.15) is 0 Å². The highest BCUT2D eigenvalue weighted by molar-refractivity contribution is 7.17. The minimum Gasteiger partial charge on any atom is -0.469 e. The molecule has 1 N–H and O–H groups in total. The number of anilines is 1. The van der Waals surface area contributed by atoms with Crippen LogP contribution in [0.5, 0.6) is 0 Å². The molecule has 24 heavy (non-hydrogen) atoms. The summed E-state index contributed by atoms with van der Waals surface area (Å²) in [5.74, 6) is 1.05. The summed E-state index contributed by atoms with van der Waals surface area (Å²) in [6.07, 6.45) is 3.62. The summed E-state index contributed by atoms with van der Waals surface area (Å²) in [5, 5.41) is 2.89. The van der Waals surface area contributed by atoms with E-state index in [4.69, 9.17) is 9.15 Å². The van der Waals surface area contributed by atoms with Crippen molar-refractivity contribution in [3.63, 3.8) is 0 Å². The molecule has 0 fully saturated rings. The molecule has 0 saturated carbocycles. The van der Waals surface area contributed by atoms with Crippen LogP contribution in [0.3, 0.4) is 0 Å². The minimum absolute atomic E-state index is 0.00291. The third-order valence-electron chi connectivity index (χ3n) is 3.22. The largest absolute Gasteiger partial charge is 0.469 e. The number of carbonyl (C=O) groups excluding carboxylic acids is 2. The molecule has 130 valence electrons. The fraction of sp³-hybridized carbons (Fsp3) is 0.471. The van der Waals surface area contributed by atoms with E-state index in [1.54, 1.807) is 27.0 Å². The molecule has 2 aromatic heterocycles. The van der Waals surface area contributed by atoms with Crippen molar-refractivity contribution in [2.45, 2.75) is 52.1 Å². The number of furan rings is 1. The number of ketones is 1. The van der Waals surface area contributed by atoms with E-state index in [0.29, 0.717) is 22.9 Å². The molecule has 0 aliphatic heterocycles. The smallest absolute Gasteiger partial charge is 0.413 e. The number of nitrogens with one attached hydrogen (secondary N) is 1. The van der Waals surface area contributed by atoms with Crippen molar-refractivity contribution in [1.29, 1.82) is 0 Å². The van der Waals surface area contributed by atoms with Gasteiger partial charge in [-0.3, -0.25) is 10.1 Å². The topological polar surface area (TPSA) is 81.4 Å². The lowest BCUT2D eigenvalue weighted by atomic mass is 10.0. The number of hydrogen-bond acceptors (Lipinski definition) is 6. The summed E-state index contributed by atoms with van der Waals surface area (Å²) < 4.78 is 10.5. The molecule has 0 spiro atoms. The van der Waals surface area contributed by atoms with Crippen LogP contribution in [0, 0.1) is 0 Å². The second-order valence-corrected chi connectivity index (χ2v) is 7.57. The minimum atomic E-state index is -0.581. The Hall–Kier alpha value is -2.15.